The molecule has 0 bridgehead atoms. The molecule has 2 N–H and O–H groups in total. The number of nitrogens with zero attached hydrogens (tertiary/aromatic N) is 4. The van der Waals surface area contributed by atoms with Gasteiger partial charge < -0.3 is 14.9 Å². The molecule has 1 unspecified atom stereocenters. The van der Waals surface area contributed by atoms with Crippen LogP contribution in [0.15, 0.2) is 97.1 Å². The highest BCUT2D eigenvalue weighted by Crippen LogP contribution is 2.37. The van der Waals surface area contributed by atoms with Gasteiger partial charge >= 0.3 is 0 Å². The number of likely N-dealkylation sites (tertiary alicyclic amines) is 1. The Labute approximate surface area is 334 Å². The molecule has 294 valence electrons. The molecule has 0 aromatic heterocycles. The molecule has 1 atom stereocenters. The number of amides is 4. The Balaban J connectivity index is 0.808. The third kappa shape index (κ3) is 8.15. The van der Waals surface area contributed by atoms with E-state index in [0.717, 1.165) is 94.2 Å². The van der Waals surface area contributed by atoms with Crippen LogP contribution in [0.1, 0.15) is 94.3 Å². The lowest BCUT2D eigenvalue weighted by atomic mass is 9.85. The molecule has 4 heterocycles. The number of aromatic hydroxyl groups is 1. The van der Waals surface area contributed by atoms with Gasteiger partial charge in [-0.2, -0.15) is 0 Å². The van der Waals surface area contributed by atoms with Gasteiger partial charge in [0, 0.05) is 38.3 Å². The first-order valence-electron chi connectivity index (χ1n) is 20.5. The molecule has 4 aromatic rings. The second-order valence-electron chi connectivity index (χ2n) is 15.7. The highest BCUT2D eigenvalue weighted by atomic mass is 16.3. The lowest BCUT2D eigenvalue weighted by Crippen LogP contribution is -2.54. The summed E-state index contributed by atoms with van der Waals surface area (Å²) in [5.41, 5.74) is 8.98. The fraction of sp³-hybridized carbons (Fsp3) is 0.362. The van der Waals surface area contributed by atoms with Crippen LogP contribution in [0.3, 0.4) is 0 Å². The quantitative estimate of drug-likeness (QED) is 0.131. The number of allylic oxidation sites excluding steroid dienone is 1. The summed E-state index contributed by atoms with van der Waals surface area (Å²) in [4.78, 5) is 58.9. The molecule has 4 aliphatic rings. The first-order chi connectivity index (χ1) is 27.8. The number of phenols is 1. The third-order valence-electron chi connectivity index (χ3n) is 12.3. The minimum absolute atomic E-state index is 0.104. The van der Waals surface area contributed by atoms with E-state index in [1.165, 1.54) is 27.8 Å². The van der Waals surface area contributed by atoms with Gasteiger partial charge in [-0.25, -0.2) is 0 Å². The van der Waals surface area contributed by atoms with Gasteiger partial charge in [0.15, 0.2) is 0 Å². The molecule has 4 amide bonds. The van der Waals surface area contributed by atoms with Gasteiger partial charge in [-0.05, 0) is 128 Å². The summed E-state index contributed by atoms with van der Waals surface area (Å²) in [7, 11) is 0. The third-order valence-corrected chi connectivity index (χ3v) is 12.3. The van der Waals surface area contributed by atoms with E-state index in [2.05, 4.69) is 81.5 Å². The summed E-state index contributed by atoms with van der Waals surface area (Å²) in [6.07, 6.45) is 4.59. The molecule has 57 heavy (non-hydrogen) atoms. The van der Waals surface area contributed by atoms with Crippen LogP contribution in [0.2, 0.25) is 0 Å². The molecule has 8 rings (SSSR count). The van der Waals surface area contributed by atoms with Crippen molar-refractivity contribution in [3.8, 4) is 5.75 Å². The summed E-state index contributed by atoms with van der Waals surface area (Å²) in [6, 6.07) is 31.8. The fourth-order valence-corrected chi connectivity index (χ4v) is 9.12. The van der Waals surface area contributed by atoms with Gasteiger partial charge in [-0.1, -0.05) is 73.7 Å². The van der Waals surface area contributed by atoms with Crippen LogP contribution in [0, 0.1) is 0 Å². The minimum Gasteiger partial charge on any atom is -0.508 e. The molecule has 3 fully saturated rings. The fourth-order valence-electron chi connectivity index (χ4n) is 9.12. The van der Waals surface area contributed by atoms with Crippen molar-refractivity contribution < 1.29 is 24.3 Å². The topological polar surface area (TPSA) is 114 Å². The van der Waals surface area contributed by atoms with Crippen molar-refractivity contribution in [2.24, 2.45) is 0 Å². The maximum absolute atomic E-state index is 13.3. The van der Waals surface area contributed by atoms with E-state index in [0.29, 0.717) is 17.0 Å². The molecule has 4 aromatic carbocycles. The molecule has 3 saturated heterocycles. The predicted molar refractivity (Wildman–Crippen MR) is 222 cm³/mol. The number of piperidine rings is 2. The zero-order valence-electron chi connectivity index (χ0n) is 32.7. The number of anilines is 1. The maximum atomic E-state index is 13.3. The van der Waals surface area contributed by atoms with Crippen molar-refractivity contribution in [3.05, 3.63) is 130 Å². The molecule has 10 nitrogen and oxygen atoms in total. The van der Waals surface area contributed by atoms with E-state index in [9.17, 15) is 24.3 Å². The molecule has 0 aliphatic carbocycles. The van der Waals surface area contributed by atoms with Crippen LogP contribution < -0.4 is 10.2 Å². The smallest absolute Gasteiger partial charge is 0.262 e. The van der Waals surface area contributed by atoms with E-state index in [1.54, 1.807) is 24.3 Å². The number of imide groups is 2. The van der Waals surface area contributed by atoms with Crippen molar-refractivity contribution in [1.29, 1.82) is 0 Å². The predicted octanol–water partition coefficient (Wildman–Crippen LogP) is 6.55. The van der Waals surface area contributed by atoms with Gasteiger partial charge in [-0.3, -0.25) is 34.3 Å². The van der Waals surface area contributed by atoms with Gasteiger partial charge in [0.25, 0.3) is 11.8 Å². The first-order valence-corrected chi connectivity index (χ1v) is 20.5. The Kier molecular flexibility index (Phi) is 11.3. The average Bonchev–Trinajstić information content (AvgIpc) is 3.49. The van der Waals surface area contributed by atoms with E-state index in [1.807, 2.05) is 18.2 Å². The average molecular weight is 766 g/mol. The van der Waals surface area contributed by atoms with E-state index in [4.69, 9.17) is 0 Å². The standard InChI is InChI=1S/C47H51N5O5/c1-2-39(34-7-4-3-5-8-34)44(36-13-16-38(53)17-14-36)35-11-9-32(10-12-35)33-21-25-49(26-22-33)23-6-24-50-27-29-51(30-28-50)37-15-18-40-41(31-37)47(57)52(46(40)56)42-19-20-43(54)48-45(42)55/h3-5,7-18,31,33,42,53H,2,6,19-30H2,1H3,(H,48,54,55). The minimum atomic E-state index is -0.957. The van der Waals surface area contributed by atoms with Gasteiger partial charge in [0.2, 0.25) is 11.8 Å². The Hall–Kier alpha value is -5.58. The van der Waals surface area contributed by atoms with Crippen molar-refractivity contribution in [2.75, 3.05) is 57.3 Å². The zero-order valence-corrected chi connectivity index (χ0v) is 32.7. The number of carbonyl (C=O) groups is 4. The number of phenolic OH excluding ortho intramolecular Hbond substituents is 1. The van der Waals surface area contributed by atoms with Crippen molar-refractivity contribution in [3.63, 3.8) is 0 Å². The van der Waals surface area contributed by atoms with Crippen molar-refractivity contribution in [1.82, 2.24) is 20.0 Å². The van der Waals surface area contributed by atoms with Gasteiger partial charge in [0.05, 0.1) is 11.1 Å². The van der Waals surface area contributed by atoms with Crippen LogP contribution in [-0.4, -0.2) is 102 Å². The summed E-state index contributed by atoms with van der Waals surface area (Å²) in [5, 5.41) is 12.3. The molecule has 4 aliphatic heterocycles. The van der Waals surface area contributed by atoms with Gasteiger partial charge in [0.1, 0.15) is 11.8 Å². The molecular weight excluding hydrogens is 715 g/mol. The van der Waals surface area contributed by atoms with E-state index >= 15 is 0 Å². The molecule has 0 spiro atoms. The van der Waals surface area contributed by atoms with Crippen LogP contribution >= 0.6 is 0 Å². The summed E-state index contributed by atoms with van der Waals surface area (Å²) < 4.78 is 0. The molecule has 10 heteroatoms. The Morgan fingerprint density at radius 3 is 1.96 bits per heavy atom. The monoisotopic (exact) mass is 765 g/mol. The van der Waals surface area contributed by atoms with Crippen LogP contribution in [0.5, 0.6) is 5.75 Å². The second-order valence-corrected chi connectivity index (χ2v) is 15.7. The van der Waals surface area contributed by atoms with Crippen molar-refractivity contribution >= 4 is 40.5 Å². The van der Waals surface area contributed by atoms with E-state index in [-0.39, 0.29) is 24.5 Å². The maximum Gasteiger partial charge on any atom is 0.262 e. The number of hydrogen-bond acceptors (Lipinski definition) is 8. The lowest BCUT2D eigenvalue weighted by Gasteiger charge is -2.37. The Morgan fingerprint density at radius 2 is 1.32 bits per heavy atom. The molecule has 0 radical (unpaired) electrons. The lowest BCUT2D eigenvalue weighted by molar-refractivity contribution is -0.136. The van der Waals surface area contributed by atoms with Crippen LogP contribution in [-0.2, 0) is 9.59 Å². The number of hydrogen-bond donors (Lipinski definition) is 2. The number of fused-ring (bicyclic) bond motifs is 1. The SMILES string of the molecule is CCC(=C(c1ccc(O)cc1)c1ccc(C2CCN(CCCN3CCN(c4ccc5c(c4)C(=O)N(C4CCC(=O)NC4=O)C5=O)CC3)CC2)cc1)c1ccccc1. The van der Waals surface area contributed by atoms with Crippen LogP contribution in [0.4, 0.5) is 5.69 Å². The Morgan fingerprint density at radius 1 is 0.684 bits per heavy atom. The van der Waals surface area contributed by atoms with Gasteiger partial charge in [-0.15, -0.1) is 0 Å². The number of nitrogens with one attached hydrogen (secondary N) is 1. The number of piperazine rings is 1. The second kappa shape index (κ2) is 16.9. The number of benzene rings is 4. The zero-order chi connectivity index (χ0) is 39.5. The highest BCUT2D eigenvalue weighted by molar-refractivity contribution is 6.23. The highest BCUT2D eigenvalue weighted by Gasteiger charge is 2.44. The summed E-state index contributed by atoms with van der Waals surface area (Å²) in [6.45, 7) is 10.1. The Bertz CT molecular complexity index is 2150. The summed E-state index contributed by atoms with van der Waals surface area (Å²) in [5.74, 6) is -1.09. The van der Waals surface area contributed by atoms with Crippen molar-refractivity contribution in [2.45, 2.75) is 57.4 Å². The normalized spacial score (nSPS) is 20.1. The number of carbonyl (C=O) groups excluding carboxylic acids is 4. The first kappa shape index (κ1) is 38.3. The largest absolute Gasteiger partial charge is 0.508 e. The van der Waals surface area contributed by atoms with E-state index < -0.39 is 23.8 Å². The summed E-state index contributed by atoms with van der Waals surface area (Å²) >= 11 is 0. The number of rotatable bonds is 11. The molecule has 0 saturated carbocycles. The molecular formula is C47H51N5O5. The van der Waals surface area contributed by atoms with Crippen LogP contribution in [0.25, 0.3) is 11.1 Å².